The molecule has 1 saturated carbocycles. The largest absolute Gasteiger partial charge is 0.508 e. The van der Waals surface area contributed by atoms with Crippen LogP contribution in [0.1, 0.15) is 29.5 Å². The van der Waals surface area contributed by atoms with E-state index < -0.39 is 64.0 Å². The van der Waals surface area contributed by atoms with E-state index in [2.05, 4.69) is 0 Å². The Morgan fingerprint density at radius 2 is 1.83 bits per heavy atom. The van der Waals surface area contributed by atoms with Gasteiger partial charge in [-0.05, 0) is 76.6 Å². The van der Waals surface area contributed by atoms with Crippen LogP contribution in [0.2, 0.25) is 0 Å². The highest BCUT2D eigenvalue weighted by Crippen LogP contribution is 2.53. The van der Waals surface area contributed by atoms with Crippen LogP contribution in [0.4, 0.5) is 0 Å². The van der Waals surface area contributed by atoms with Crippen molar-refractivity contribution in [1.82, 2.24) is 9.80 Å². The summed E-state index contributed by atoms with van der Waals surface area (Å²) in [5.41, 5.74) is 2.42. The number of nitrogens with zero attached hydrogens (tertiary/aromatic N) is 2. The second-order valence-corrected chi connectivity index (χ2v) is 11.1. The average molecular weight is 570 g/mol. The number of aromatic hydroxyl groups is 1. The van der Waals surface area contributed by atoms with Gasteiger partial charge in [0.25, 0.3) is 5.91 Å². The van der Waals surface area contributed by atoms with Crippen molar-refractivity contribution < 1.29 is 44.3 Å². The molecule has 4 atom stereocenters. The Morgan fingerprint density at radius 1 is 1.15 bits per heavy atom. The van der Waals surface area contributed by atoms with E-state index in [0.29, 0.717) is 17.5 Å². The molecule has 1 aromatic rings. The summed E-state index contributed by atoms with van der Waals surface area (Å²) >= 11 is 0. The number of rotatable bonds is 8. The first-order valence-electron chi connectivity index (χ1n) is 13.2. The zero-order chi connectivity index (χ0) is 30.4. The van der Waals surface area contributed by atoms with Crippen molar-refractivity contribution in [3.8, 4) is 5.75 Å². The number of phenols is 1. The lowest BCUT2D eigenvalue weighted by Gasteiger charge is -2.50. The molecular formula is C29H35N3O9. The summed E-state index contributed by atoms with van der Waals surface area (Å²) < 4.78 is 5.22. The predicted molar refractivity (Wildman–Crippen MR) is 147 cm³/mol. The van der Waals surface area contributed by atoms with Crippen LogP contribution in [0.5, 0.6) is 5.75 Å². The van der Waals surface area contributed by atoms with Gasteiger partial charge in [0.1, 0.15) is 22.8 Å². The van der Waals surface area contributed by atoms with E-state index in [1.165, 1.54) is 37.2 Å². The molecule has 0 radical (unpaired) electrons. The standard InChI is InChI=1S/C29H35N3O9/c1-31(2)10-5-11-41-19(34)9-7-14-6-8-18(33)21-16(14)12-15-13-17-23(32(3)4)25(36)22(28(30)39)27(38)29(17,40)26(37)20(15)24(21)35/h6-9,15,17,23,33,35,38,40H,5,10-13H2,1-4H3,(H2,30,39)/b9-7+/t15-,17-,23+,29-/m0/s1. The van der Waals surface area contributed by atoms with Gasteiger partial charge in [-0.3, -0.25) is 19.3 Å². The maximum Gasteiger partial charge on any atom is 0.330 e. The van der Waals surface area contributed by atoms with Crippen molar-refractivity contribution in [2.75, 3.05) is 41.3 Å². The van der Waals surface area contributed by atoms with Gasteiger partial charge in [-0.25, -0.2) is 4.79 Å². The third-order valence-corrected chi connectivity index (χ3v) is 8.03. The van der Waals surface area contributed by atoms with Gasteiger partial charge in [-0.15, -0.1) is 0 Å². The molecule has 6 N–H and O–H groups in total. The predicted octanol–water partition coefficient (Wildman–Crippen LogP) is 0.472. The minimum Gasteiger partial charge on any atom is -0.508 e. The molecule has 1 fully saturated rings. The van der Waals surface area contributed by atoms with Crippen LogP contribution in [0.3, 0.4) is 0 Å². The van der Waals surface area contributed by atoms with E-state index >= 15 is 0 Å². The molecule has 1 aromatic carbocycles. The van der Waals surface area contributed by atoms with E-state index in [-0.39, 0.29) is 36.3 Å². The molecule has 0 aromatic heterocycles. The van der Waals surface area contributed by atoms with Gasteiger partial charge in [0, 0.05) is 24.1 Å². The molecule has 12 nitrogen and oxygen atoms in total. The Labute approximate surface area is 237 Å². The second-order valence-electron chi connectivity index (χ2n) is 11.1. The van der Waals surface area contributed by atoms with Crippen LogP contribution in [0.25, 0.3) is 11.8 Å². The van der Waals surface area contributed by atoms with Crippen molar-refractivity contribution >= 4 is 35.3 Å². The van der Waals surface area contributed by atoms with Crippen LogP contribution in [0, 0.1) is 11.8 Å². The molecule has 1 amide bonds. The van der Waals surface area contributed by atoms with Gasteiger partial charge >= 0.3 is 5.97 Å². The minimum atomic E-state index is -2.70. The smallest absolute Gasteiger partial charge is 0.330 e. The summed E-state index contributed by atoms with van der Waals surface area (Å²) in [5, 5.41) is 44.5. The molecule has 12 heteroatoms. The highest BCUT2D eigenvalue weighted by Gasteiger charge is 2.64. The number of ether oxygens (including phenoxy) is 1. The maximum atomic E-state index is 13.9. The third-order valence-electron chi connectivity index (χ3n) is 8.03. The summed E-state index contributed by atoms with van der Waals surface area (Å²) in [6, 6.07) is 1.69. The fraction of sp³-hybridized carbons (Fsp3) is 0.448. The van der Waals surface area contributed by atoms with E-state index in [9.17, 15) is 39.6 Å². The number of phenolic OH excluding ortho intramolecular Hbond substituents is 1. The van der Waals surface area contributed by atoms with Crippen LogP contribution in [-0.4, -0.2) is 107 Å². The Kier molecular flexibility index (Phi) is 8.12. The maximum absolute atomic E-state index is 13.9. The van der Waals surface area contributed by atoms with Crippen LogP contribution >= 0.6 is 0 Å². The fourth-order valence-electron chi connectivity index (χ4n) is 6.18. The molecule has 220 valence electrons. The molecule has 0 bridgehead atoms. The van der Waals surface area contributed by atoms with Crippen molar-refractivity contribution in [2.45, 2.75) is 30.9 Å². The number of esters is 1. The number of Topliss-reactive ketones (excluding diaryl/α,β-unsaturated/α-hetero) is 2. The first kappa shape index (κ1) is 30.0. The monoisotopic (exact) mass is 569 g/mol. The number of nitrogens with two attached hydrogens (primary N) is 1. The van der Waals surface area contributed by atoms with Gasteiger partial charge in [0.05, 0.1) is 18.2 Å². The number of amides is 1. The topological polar surface area (TPSA) is 191 Å². The second kappa shape index (κ2) is 11.1. The van der Waals surface area contributed by atoms with Gasteiger partial charge in [-0.1, -0.05) is 6.07 Å². The SMILES string of the molecule is CN(C)CCCOC(=O)/C=C/c1ccc(O)c2c1C[C@H]1C[C@H]3[C@@H](N(C)C)C(=O)C(C(N)=O)=C(O)[C@@]3(O)C(=O)C1=C2O. The van der Waals surface area contributed by atoms with E-state index in [1.54, 1.807) is 6.07 Å². The molecule has 0 spiro atoms. The number of likely N-dealkylation sites (N-methyl/N-ethyl adjacent to an activating group) is 1. The molecule has 0 heterocycles. The van der Waals surface area contributed by atoms with Crippen molar-refractivity contribution in [3.63, 3.8) is 0 Å². The number of hydrogen-bond donors (Lipinski definition) is 5. The highest BCUT2D eigenvalue weighted by molar-refractivity contribution is 6.24. The molecule has 0 aliphatic heterocycles. The summed E-state index contributed by atoms with van der Waals surface area (Å²) in [5.74, 6) is -7.73. The van der Waals surface area contributed by atoms with Crippen molar-refractivity contribution in [1.29, 1.82) is 0 Å². The molecule has 3 aliphatic rings. The highest BCUT2D eigenvalue weighted by atomic mass is 16.5. The number of ketones is 2. The third kappa shape index (κ3) is 5.03. The minimum absolute atomic E-state index is 0.0293. The lowest BCUT2D eigenvalue weighted by molar-refractivity contribution is -0.153. The van der Waals surface area contributed by atoms with Gasteiger partial charge in [0.15, 0.2) is 11.4 Å². The first-order valence-corrected chi connectivity index (χ1v) is 13.2. The molecule has 0 saturated heterocycles. The van der Waals surface area contributed by atoms with E-state index in [4.69, 9.17) is 10.5 Å². The molecule has 41 heavy (non-hydrogen) atoms. The Bertz CT molecular complexity index is 1410. The summed E-state index contributed by atoms with van der Waals surface area (Å²) in [4.78, 5) is 54.8. The lowest BCUT2D eigenvalue weighted by atomic mass is 9.57. The van der Waals surface area contributed by atoms with Gasteiger partial charge in [0.2, 0.25) is 5.78 Å². The normalized spacial score (nSPS) is 26.0. The fourth-order valence-corrected chi connectivity index (χ4v) is 6.18. The first-order chi connectivity index (χ1) is 19.2. The number of benzene rings is 1. The number of carbonyl (C=O) groups is 4. The quantitative estimate of drug-likeness (QED) is 0.127. The zero-order valence-corrected chi connectivity index (χ0v) is 23.4. The number of carbonyl (C=O) groups excluding carboxylic acids is 4. The van der Waals surface area contributed by atoms with Gasteiger partial charge < -0.3 is 35.8 Å². The number of fused-ring (bicyclic) bond motifs is 3. The Morgan fingerprint density at radius 3 is 2.44 bits per heavy atom. The molecule has 3 aliphatic carbocycles. The van der Waals surface area contributed by atoms with Crippen molar-refractivity contribution in [2.24, 2.45) is 17.6 Å². The summed E-state index contributed by atoms with van der Waals surface area (Å²) in [7, 11) is 6.90. The lowest BCUT2D eigenvalue weighted by Crippen LogP contribution is -2.65. The van der Waals surface area contributed by atoms with E-state index in [1.807, 2.05) is 19.0 Å². The zero-order valence-electron chi connectivity index (χ0n) is 23.4. The average Bonchev–Trinajstić information content (AvgIpc) is 2.87. The van der Waals surface area contributed by atoms with Crippen LogP contribution in [-0.2, 0) is 30.3 Å². The number of aliphatic hydroxyl groups is 3. The Balaban J connectivity index is 1.75. The number of primary amides is 1. The number of aliphatic hydroxyl groups excluding tert-OH is 2. The van der Waals surface area contributed by atoms with Crippen LogP contribution in [0.15, 0.2) is 35.1 Å². The number of hydrogen-bond acceptors (Lipinski definition) is 11. The molecule has 0 unspecified atom stereocenters. The van der Waals surface area contributed by atoms with Gasteiger partial charge in [-0.2, -0.15) is 0 Å². The van der Waals surface area contributed by atoms with Crippen molar-refractivity contribution in [3.05, 3.63) is 51.8 Å². The van der Waals surface area contributed by atoms with Crippen LogP contribution < -0.4 is 5.73 Å². The summed E-state index contributed by atoms with van der Waals surface area (Å²) in [6.45, 7) is 0.991. The van der Waals surface area contributed by atoms with E-state index in [0.717, 1.165) is 6.54 Å². The molecule has 4 rings (SSSR count). The Hall–Kier alpha value is -4.00. The molecular weight excluding hydrogens is 534 g/mol. The summed E-state index contributed by atoms with van der Waals surface area (Å²) in [6.07, 6.45) is 3.47.